The number of nitrogens with one attached hydrogen (secondary N) is 1. The third kappa shape index (κ3) is 4.18. The summed E-state index contributed by atoms with van der Waals surface area (Å²) in [5.41, 5.74) is 1.64. The Hall–Kier alpha value is -1.97. The summed E-state index contributed by atoms with van der Waals surface area (Å²) in [6, 6.07) is 7.73. The number of nitriles is 1. The van der Waals surface area contributed by atoms with Gasteiger partial charge in [0, 0.05) is 13.0 Å². The summed E-state index contributed by atoms with van der Waals surface area (Å²) >= 11 is 0. The number of hydrogen-bond donors (Lipinski definition) is 1. The van der Waals surface area contributed by atoms with Crippen LogP contribution in [0.5, 0.6) is 5.75 Å². The Morgan fingerprint density at radius 1 is 1.47 bits per heavy atom. The van der Waals surface area contributed by atoms with Gasteiger partial charge in [0.15, 0.2) is 0 Å². The summed E-state index contributed by atoms with van der Waals surface area (Å²) in [6.45, 7) is 1.63. The zero-order valence-corrected chi connectivity index (χ0v) is 9.99. The summed E-state index contributed by atoms with van der Waals surface area (Å²) < 4.78 is 5.08. The zero-order valence-electron chi connectivity index (χ0n) is 9.99. The van der Waals surface area contributed by atoms with Gasteiger partial charge in [0.05, 0.1) is 12.7 Å². The molecule has 0 spiro atoms. The highest BCUT2D eigenvalue weighted by Gasteiger charge is 2.02. The maximum atomic E-state index is 8.94. The molecule has 0 radical (unpaired) electrons. The van der Waals surface area contributed by atoms with E-state index in [2.05, 4.69) is 17.3 Å². The molecule has 0 fully saturated rings. The van der Waals surface area contributed by atoms with Gasteiger partial charge in [0.1, 0.15) is 11.8 Å². The molecule has 0 aliphatic rings. The highest BCUT2D eigenvalue weighted by atomic mass is 16.5. The Bertz CT molecular complexity index is 441. The molecule has 1 rings (SSSR count). The summed E-state index contributed by atoms with van der Waals surface area (Å²) in [5.74, 6) is 3.21. The molecule has 0 saturated carbocycles. The van der Waals surface area contributed by atoms with E-state index in [0.717, 1.165) is 31.5 Å². The molecule has 0 unspecified atom stereocenters. The van der Waals surface area contributed by atoms with E-state index in [1.165, 1.54) is 0 Å². The van der Waals surface area contributed by atoms with Gasteiger partial charge in [-0.3, -0.25) is 0 Å². The number of rotatable bonds is 6. The number of hydrogen-bond acceptors (Lipinski definition) is 3. The summed E-state index contributed by atoms with van der Waals surface area (Å²) in [7, 11) is 1.56. The highest BCUT2D eigenvalue weighted by Crippen LogP contribution is 2.18. The first-order chi connectivity index (χ1) is 8.31. The fourth-order valence-corrected chi connectivity index (χ4v) is 1.50. The zero-order chi connectivity index (χ0) is 12.5. The van der Waals surface area contributed by atoms with Gasteiger partial charge >= 0.3 is 0 Å². The van der Waals surface area contributed by atoms with Crippen molar-refractivity contribution in [2.75, 3.05) is 13.7 Å². The lowest BCUT2D eigenvalue weighted by molar-refractivity contribution is 0.413. The minimum absolute atomic E-state index is 0.565. The Kier molecular flexibility index (Phi) is 5.64. The minimum atomic E-state index is 0.565. The molecule has 3 heteroatoms. The molecule has 1 aromatic rings. The van der Waals surface area contributed by atoms with Gasteiger partial charge in [-0.15, -0.1) is 12.3 Å². The van der Waals surface area contributed by atoms with Crippen LogP contribution in [-0.4, -0.2) is 13.7 Å². The molecular weight excluding hydrogens is 212 g/mol. The van der Waals surface area contributed by atoms with Crippen molar-refractivity contribution in [1.82, 2.24) is 5.32 Å². The Balaban J connectivity index is 2.50. The van der Waals surface area contributed by atoms with Gasteiger partial charge in [0.2, 0.25) is 0 Å². The summed E-state index contributed by atoms with van der Waals surface area (Å²) in [6.07, 6.45) is 6.92. The van der Waals surface area contributed by atoms with Crippen LogP contribution in [0.4, 0.5) is 0 Å². The number of ether oxygens (including phenoxy) is 1. The molecule has 0 aromatic heterocycles. The smallest absolute Gasteiger partial charge is 0.136 e. The Morgan fingerprint density at radius 3 is 2.94 bits per heavy atom. The van der Waals surface area contributed by atoms with Crippen LogP contribution < -0.4 is 10.1 Å². The van der Waals surface area contributed by atoms with Crippen LogP contribution in [-0.2, 0) is 6.54 Å². The van der Waals surface area contributed by atoms with E-state index in [4.69, 9.17) is 16.4 Å². The molecule has 0 aliphatic heterocycles. The molecule has 0 heterocycles. The second kappa shape index (κ2) is 7.33. The van der Waals surface area contributed by atoms with Gasteiger partial charge in [-0.05, 0) is 30.7 Å². The van der Waals surface area contributed by atoms with Crippen molar-refractivity contribution >= 4 is 0 Å². The van der Waals surface area contributed by atoms with Crippen LogP contribution in [0.2, 0.25) is 0 Å². The Morgan fingerprint density at radius 2 is 2.29 bits per heavy atom. The van der Waals surface area contributed by atoms with Gasteiger partial charge in [-0.25, -0.2) is 0 Å². The van der Waals surface area contributed by atoms with Crippen molar-refractivity contribution in [2.45, 2.75) is 19.4 Å². The van der Waals surface area contributed by atoms with Crippen molar-refractivity contribution in [3.8, 4) is 24.2 Å². The maximum absolute atomic E-state index is 8.94. The predicted octanol–water partition coefficient (Wildman–Crippen LogP) is 2.07. The SMILES string of the molecule is C#CCCCNCc1ccc(OC)c(C#N)c1. The van der Waals surface area contributed by atoms with E-state index in [-0.39, 0.29) is 0 Å². The first kappa shape index (κ1) is 13.1. The van der Waals surface area contributed by atoms with Crippen molar-refractivity contribution in [3.63, 3.8) is 0 Å². The normalized spacial score (nSPS) is 9.35. The van der Waals surface area contributed by atoms with Crippen molar-refractivity contribution < 1.29 is 4.74 Å². The van der Waals surface area contributed by atoms with E-state index in [9.17, 15) is 0 Å². The van der Waals surface area contributed by atoms with Crippen molar-refractivity contribution in [3.05, 3.63) is 29.3 Å². The average molecular weight is 228 g/mol. The van der Waals surface area contributed by atoms with Crippen LogP contribution in [0.15, 0.2) is 18.2 Å². The molecule has 1 aromatic carbocycles. The molecule has 0 amide bonds. The average Bonchev–Trinajstić information content (AvgIpc) is 2.38. The number of terminal acetylenes is 1. The predicted molar refractivity (Wildman–Crippen MR) is 67.5 cm³/mol. The maximum Gasteiger partial charge on any atom is 0.136 e. The fraction of sp³-hybridized carbons (Fsp3) is 0.357. The molecule has 1 N–H and O–H groups in total. The van der Waals surface area contributed by atoms with Crippen LogP contribution in [0.3, 0.4) is 0 Å². The van der Waals surface area contributed by atoms with Gasteiger partial charge in [-0.2, -0.15) is 5.26 Å². The molecular formula is C14H16N2O. The second-order valence-electron chi connectivity index (χ2n) is 3.63. The van der Waals surface area contributed by atoms with Gasteiger partial charge < -0.3 is 10.1 Å². The number of benzene rings is 1. The molecule has 3 nitrogen and oxygen atoms in total. The monoisotopic (exact) mass is 228 g/mol. The van der Waals surface area contributed by atoms with E-state index >= 15 is 0 Å². The lowest BCUT2D eigenvalue weighted by Gasteiger charge is -2.07. The second-order valence-corrected chi connectivity index (χ2v) is 3.63. The quantitative estimate of drug-likeness (QED) is 0.599. The van der Waals surface area contributed by atoms with Crippen LogP contribution in [0.25, 0.3) is 0 Å². The largest absolute Gasteiger partial charge is 0.495 e. The first-order valence-corrected chi connectivity index (χ1v) is 5.53. The van der Waals surface area contributed by atoms with Crippen LogP contribution in [0.1, 0.15) is 24.0 Å². The van der Waals surface area contributed by atoms with E-state index in [1.807, 2.05) is 18.2 Å². The van der Waals surface area contributed by atoms with Crippen LogP contribution in [0, 0.1) is 23.7 Å². The van der Waals surface area contributed by atoms with Crippen molar-refractivity contribution in [1.29, 1.82) is 5.26 Å². The topological polar surface area (TPSA) is 45.0 Å². The first-order valence-electron chi connectivity index (χ1n) is 5.53. The van der Waals surface area contributed by atoms with Gasteiger partial charge in [-0.1, -0.05) is 6.07 Å². The lowest BCUT2D eigenvalue weighted by atomic mass is 10.1. The fourth-order valence-electron chi connectivity index (χ4n) is 1.50. The minimum Gasteiger partial charge on any atom is -0.495 e. The number of unbranched alkanes of at least 4 members (excludes halogenated alkanes) is 1. The molecule has 17 heavy (non-hydrogen) atoms. The third-order valence-corrected chi connectivity index (χ3v) is 2.39. The third-order valence-electron chi connectivity index (χ3n) is 2.39. The van der Waals surface area contributed by atoms with E-state index < -0.39 is 0 Å². The van der Waals surface area contributed by atoms with E-state index in [0.29, 0.717) is 11.3 Å². The molecule has 0 atom stereocenters. The standard InChI is InChI=1S/C14H16N2O/c1-3-4-5-8-16-11-12-6-7-14(17-2)13(9-12)10-15/h1,6-7,9,16H,4-5,8,11H2,2H3. The molecule has 0 aliphatic carbocycles. The van der Waals surface area contributed by atoms with Gasteiger partial charge in [0.25, 0.3) is 0 Å². The van der Waals surface area contributed by atoms with Crippen LogP contribution >= 0.6 is 0 Å². The lowest BCUT2D eigenvalue weighted by Crippen LogP contribution is -2.14. The molecule has 88 valence electrons. The van der Waals surface area contributed by atoms with Crippen molar-refractivity contribution in [2.24, 2.45) is 0 Å². The highest BCUT2D eigenvalue weighted by molar-refractivity contribution is 5.45. The molecule has 0 saturated heterocycles. The molecule has 0 bridgehead atoms. The summed E-state index contributed by atoms with van der Waals surface area (Å²) in [4.78, 5) is 0. The number of methoxy groups -OCH3 is 1. The summed E-state index contributed by atoms with van der Waals surface area (Å²) in [5, 5.41) is 12.2. The van der Waals surface area contributed by atoms with E-state index in [1.54, 1.807) is 7.11 Å². The Labute approximate surface area is 102 Å². The number of nitrogens with zero attached hydrogens (tertiary/aromatic N) is 1.